The fraction of sp³-hybridized carbons (Fsp3) is 0.700. The molecule has 4 heteroatoms. The van der Waals surface area contributed by atoms with Crippen molar-refractivity contribution in [2.75, 3.05) is 13.1 Å². The number of aryl methyl sites for hydroxylation is 1. The molecule has 1 saturated carbocycles. The molecule has 0 saturated heterocycles. The molecule has 0 spiro atoms. The van der Waals surface area contributed by atoms with Crippen molar-refractivity contribution >= 4 is 11.3 Å². The van der Waals surface area contributed by atoms with Crippen LogP contribution in [0.3, 0.4) is 0 Å². The standard InChI is InChI=1S/C10H17N3S/c1-8-6-14-9(13-8)2-5-12-7-10(11)3-4-10/h6,12H,2-5,7,11H2,1H3. The minimum atomic E-state index is 0.124. The van der Waals surface area contributed by atoms with E-state index in [1.165, 1.54) is 17.8 Å². The van der Waals surface area contributed by atoms with Crippen LogP contribution in [0.25, 0.3) is 0 Å². The van der Waals surface area contributed by atoms with E-state index in [1.54, 1.807) is 11.3 Å². The zero-order valence-corrected chi connectivity index (χ0v) is 9.36. The van der Waals surface area contributed by atoms with Gasteiger partial charge in [0, 0.05) is 36.1 Å². The Morgan fingerprint density at radius 1 is 1.64 bits per heavy atom. The molecule has 1 aliphatic rings. The summed E-state index contributed by atoms with van der Waals surface area (Å²) in [6.07, 6.45) is 3.38. The van der Waals surface area contributed by atoms with Crippen molar-refractivity contribution in [1.29, 1.82) is 0 Å². The van der Waals surface area contributed by atoms with Gasteiger partial charge in [-0.1, -0.05) is 0 Å². The maximum absolute atomic E-state index is 5.95. The van der Waals surface area contributed by atoms with Crippen molar-refractivity contribution in [2.24, 2.45) is 5.73 Å². The molecule has 14 heavy (non-hydrogen) atoms. The molecule has 2 rings (SSSR count). The van der Waals surface area contributed by atoms with Crippen molar-refractivity contribution in [3.8, 4) is 0 Å². The lowest BCUT2D eigenvalue weighted by Gasteiger charge is -2.08. The minimum absolute atomic E-state index is 0.124. The Kier molecular flexibility index (Phi) is 2.85. The summed E-state index contributed by atoms with van der Waals surface area (Å²) in [6, 6.07) is 0. The summed E-state index contributed by atoms with van der Waals surface area (Å²) in [4.78, 5) is 4.41. The van der Waals surface area contributed by atoms with Gasteiger partial charge in [-0.25, -0.2) is 4.98 Å². The molecule has 1 heterocycles. The average Bonchev–Trinajstić information content (AvgIpc) is 2.73. The van der Waals surface area contributed by atoms with Gasteiger partial charge < -0.3 is 11.1 Å². The summed E-state index contributed by atoms with van der Waals surface area (Å²) in [5, 5.41) is 6.70. The van der Waals surface area contributed by atoms with Gasteiger partial charge in [0.1, 0.15) is 0 Å². The minimum Gasteiger partial charge on any atom is -0.324 e. The highest BCUT2D eigenvalue weighted by atomic mass is 32.1. The van der Waals surface area contributed by atoms with Crippen molar-refractivity contribution in [3.63, 3.8) is 0 Å². The molecular formula is C10H17N3S. The molecular weight excluding hydrogens is 194 g/mol. The van der Waals surface area contributed by atoms with Gasteiger partial charge in [-0.15, -0.1) is 11.3 Å². The van der Waals surface area contributed by atoms with Gasteiger partial charge in [-0.2, -0.15) is 0 Å². The number of nitrogens with one attached hydrogen (secondary N) is 1. The van der Waals surface area contributed by atoms with E-state index in [4.69, 9.17) is 5.73 Å². The molecule has 0 aromatic carbocycles. The summed E-state index contributed by atoms with van der Waals surface area (Å²) in [6.45, 7) is 3.98. The van der Waals surface area contributed by atoms with Crippen LogP contribution in [0.1, 0.15) is 23.5 Å². The number of nitrogens with zero attached hydrogens (tertiary/aromatic N) is 1. The summed E-state index contributed by atoms with van der Waals surface area (Å²) in [5.41, 5.74) is 7.21. The molecule has 3 nitrogen and oxygen atoms in total. The molecule has 0 unspecified atom stereocenters. The molecule has 1 fully saturated rings. The van der Waals surface area contributed by atoms with E-state index in [0.717, 1.165) is 25.2 Å². The van der Waals surface area contributed by atoms with Crippen LogP contribution in [0.5, 0.6) is 0 Å². The van der Waals surface area contributed by atoms with Gasteiger partial charge in [0.2, 0.25) is 0 Å². The lowest BCUT2D eigenvalue weighted by Crippen LogP contribution is -2.36. The summed E-state index contributed by atoms with van der Waals surface area (Å²) in [5.74, 6) is 0. The Hall–Kier alpha value is -0.450. The van der Waals surface area contributed by atoms with Crippen LogP contribution >= 0.6 is 11.3 Å². The van der Waals surface area contributed by atoms with Crippen molar-refractivity contribution < 1.29 is 0 Å². The van der Waals surface area contributed by atoms with E-state index in [9.17, 15) is 0 Å². The summed E-state index contributed by atoms with van der Waals surface area (Å²) >= 11 is 1.74. The monoisotopic (exact) mass is 211 g/mol. The number of nitrogens with two attached hydrogens (primary N) is 1. The van der Waals surface area contributed by atoms with Gasteiger partial charge in [0.15, 0.2) is 0 Å². The first-order valence-electron chi connectivity index (χ1n) is 5.09. The second-order valence-electron chi connectivity index (χ2n) is 4.17. The third-order valence-electron chi connectivity index (χ3n) is 2.55. The van der Waals surface area contributed by atoms with E-state index in [-0.39, 0.29) is 5.54 Å². The van der Waals surface area contributed by atoms with E-state index < -0.39 is 0 Å². The number of rotatable bonds is 5. The molecule has 78 valence electrons. The molecule has 1 aromatic rings. The smallest absolute Gasteiger partial charge is 0.0940 e. The topological polar surface area (TPSA) is 50.9 Å². The maximum Gasteiger partial charge on any atom is 0.0940 e. The van der Waals surface area contributed by atoms with Crippen molar-refractivity contribution in [2.45, 2.75) is 31.7 Å². The highest BCUT2D eigenvalue weighted by molar-refractivity contribution is 7.09. The van der Waals surface area contributed by atoms with Crippen LogP contribution in [0, 0.1) is 6.92 Å². The van der Waals surface area contributed by atoms with Gasteiger partial charge in [-0.3, -0.25) is 0 Å². The number of aromatic nitrogens is 1. The predicted octanol–water partition coefficient (Wildman–Crippen LogP) is 1.07. The Morgan fingerprint density at radius 3 is 3.00 bits per heavy atom. The second kappa shape index (κ2) is 3.96. The van der Waals surface area contributed by atoms with Crippen LogP contribution in [0.4, 0.5) is 0 Å². The Balaban J connectivity index is 1.63. The predicted molar refractivity (Wildman–Crippen MR) is 59.6 cm³/mol. The normalized spacial score (nSPS) is 18.4. The van der Waals surface area contributed by atoms with E-state index >= 15 is 0 Å². The first-order chi connectivity index (χ1) is 6.68. The summed E-state index contributed by atoms with van der Waals surface area (Å²) < 4.78 is 0. The SMILES string of the molecule is Cc1csc(CCNCC2(N)CC2)n1. The second-order valence-corrected chi connectivity index (χ2v) is 5.11. The summed E-state index contributed by atoms with van der Waals surface area (Å²) in [7, 11) is 0. The molecule has 0 bridgehead atoms. The first-order valence-corrected chi connectivity index (χ1v) is 5.97. The van der Waals surface area contributed by atoms with Crippen molar-refractivity contribution in [1.82, 2.24) is 10.3 Å². The van der Waals surface area contributed by atoms with Gasteiger partial charge in [0.25, 0.3) is 0 Å². The van der Waals surface area contributed by atoms with Gasteiger partial charge in [-0.05, 0) is 19.8 Å². The van der Waals surface area contributed by atoms with E-state index in [1.807, 2.05) is 6.92 Å². The molecule has 1 aromatic heterocycles. The lowest BCUT2D eigenvalue weighted by atomic mass is 10.3. The van der Waals surface area contributed by atoms with E-state index in [0.29, 0.717) is 0 Å². The van der Waals surface area contributed by atoms with Crippen LogP contribution in [0.2, 0.25) is 0 Å². The third kappa shape index (κ3) is 2.77. The highest BCUT2D eigenvalue weighted by Gasteiger charge is 2.37. The number of hydrogen-bond donors (Lipinski definition) is 2. The van der Waals surface area contributed by atoms with Crippen LogP contribution in [-0.2, 0) is 6.42 Å². The molecule has 0 amide bonds. The Morgan fingerprint density at radius 2 is 2.43 bits per heavy atom. The Bertz CT molecular complexity index is 304. The highest BCUT2D eigenvalue weighted by Crippen LogP contribution is 2.30. The quantitative estimate of drug-likeness (QED) is 0.716. The number of thiazole rings is 1. The first kappa shape index (κ1) is 10.1. The van der Waals surface area contributed by atoms with Gasteiger partial charge >= 0.3 is 0 Å². The third-order valence-corrected chi connectivity index (χ3v) is 3.58. The fourth-order valence-corrected chi connectivity index (χ4v) is 2.16. The van der Waals surface area contributed by atoms with Crippen LogP contribution < -0.4 is 11.1 Å². The average molecular weight is 211 g/mol. The number of hydrogen-bond acceptors (Lipinski definition) is 4. The zero-order valence-electron chi connectivity index (χ0n) is 8.55. The van der Waals surface area contributed by atoms with Gasteiger partial charge in [0.05, 0.1) is 5.01 Å². The Labute approximate surface area is 88.7 Å². The molecule has 0 aliphatic heterocycles. The molecule has 0 atom stereocenters. The molecule has 1 aliphatic carbocycles. The van der Waals surface area contributed by atoms with Crippen LogP contribution in [0.15, 0.2) is 5.38 Å². The molecule has 0 radical (unpaired) electrons. The fourth-order valence-electron chi connectivity index (χ4n) is 1.39. The molecule has 3 N–H and O–H groups in total. The van der Waals surface area contributed by atoms with Crippen LogP contribution in [-0.4, -0.2) is 23.6 Å². The maximum atomic E-state index is 5.95. The largest absolute Gasteiger partial charge is 0.324 e. The zero-order chi connectivity index (χ0) is 10.0. The van der Waals surface area contributed by atoms with Crippen molar-refractivity contribution in [3.05, 3.63) is 16.1 Å². The lowest BCUT2D eigenvalue weighted by molar-refractivity contribution is 0.570. The van der Waals surface area contributed by atoms with E-state index in [2.05, 4.69) is 15.7 Å².